The molecular weight excluding hydrogens is 342 g/mol. The number of methoxy groups -OCH3 is 3. The summed E-state index contributed by atoms with van der Waals surface area (Å²) in [5, 5.41) is 4.82. The lowest BCUT2D eigenvalue weighted by Gasteiger charge is -2.14. The Morgan fingerprint density at radius 3 is 2.12 bits per heavy atom. The summed E-state index contributed by atoms with van der Waals surface area (Å²) in [4.78, 5) is 34.7. The van der Waals surface area contributed by atoms with Gasteiger partial charge in [-0.25, -0.2) is 4.79 Å². The fraction of sp³-hybridized carbons (Fsp3) is 0.357. The van der Waals surface area contributed by atoms with Crippen molar-refractivity contribution < 1.29 is 28.6 Å². The molecule has 4 N–H and O–H groups in total. The topological polar surface area (TPSA) is 129 Å². The van der Waals surface area contributed by atoms with Crippen LogP contribution in [-0.4, -0.2) is 52.2 Å². The fourth-order valence-corrected chi connectivity index (χ4v) is 1.71. The SMILES string of the molecule is COC(=O)c1cc(OC)c(OC)cc1NC(=O)CNC(=O)CN.Cl. The molecule has 9 nitrogen and oxygen atoms in total. The average molecular weight is 362 g/mol. The quantitative estimate of drug-likeness (QED) is 0.579. The van der Waals surface area contributed by atoms with E-state index in [9.17, 15) is 14.4 Å². The second-order valence-corrected chi connectivity index (χ2v) is 4.27. The van der Waals surface area contributed by atoms with Gasteiger partial charge in [0, 0.05) is 12.1 Å². The number of nitrogens with one attached hydrogen (secondary N) is 2. The van der Waals surface area contributed by atoms with Crippen LogP contribution in [0.15, 0.2) is 12.1 Å². The van der Waals surface area contributed by atoms with Crippen LogP contribution < -0.4 is 25.8 Å². The maximum Gasteiger partial charge on any atom is 0.340 e. The summed E-state index contributed by atoms with van der Waals surface area (Å²) in [6.45, 7) is -0.512. The van der Waals surface area contributed by atoms with Crippen LogP contribution >= 0.6 is 12.4 Å². The third kappa shape index (κ3) is 5.60. The molecule has 0 bridgehead atoms. The lowest BCUT2D eigenvalue weighted by molar-refractivity contribution is -0.123. The highest BCUT2D eigenvalue weighted by Crippen LogP contribution is 2.33. The second kappa shape index (κ2) is 10.3. The molecule has 24 heavy (non-hydrogen) atoms. The first kappa shape index (κ1) is 21.5. The van der Waals surface area contributed by atoms with Gasteiger partial charge in [-0.1, -0.05) is 0 Å². The number of ether oxygens (including phenoxy) is 3. The van der Waals surface area contributed by atoms with Gasteiger partial charge in [-0.05, 0) is 0 Å². The predicted octanol–water partition coefficient (Wildman–Crippen LogP) is -0.0744. The van der Waals surface area contributed by atoms with Gasteiger partial charge in [0.2, 0.25) is 11.8 Å². The van der Waals surface area contributed by atoms with Crippen LogP contribution in [0.4, 0.5) is 5.69 Å². The van der Waals surface area contributed by atoms with E-state index >= 15 is 0 Å². The molecule has 1 aromatic rings. The van der Waals surface area contributed by atoms with E-state index in [1.165, 1.54) is 33.5 Å². The standard InChI is InChI=1S/C14H19N3O6.ClH/c1-21-10-4-8(14(20)23-3)9(5-11(10)22-2)17-13(19)7-16-12(18)6-15;/h4-5H,6-7,15H2,1-3H3,(H,16,18)(H,17,19);1H. The Bertz CT molecular complexity index is 608. The minimum absolute atomic E-state index is 0. The Labute approximate surface area is 145 Å². The van der Waals surface area contributed by atoms with Gasteiger partial charge in [0.1, 0.15) is 0 Å². The number of carbonyl (C=O) groups excluding carboxylic acids is 3. The van der Waals surface area contributed by atoms with Crippen LogP contribution in [0.5, 0.6) is 11.5 Å². The number of esters is 1. The number of rotatable bonds is 7. The van der Waals surface area contributed by atoms with E-state index in [2.05, 4.69) is 15.4 Å². The summed E-state index contributed by atoms with van der Waals surface area (Å²) in [7, 11) is 4.05. The zero-order valence-electron chi connectivity index (χ0n) is 13.5. The van der Waals surface area contributed by atoms with E-state index in [0.29, 0.717) is 11.5 Å². The third-order valence-corrected chi connectivity index (χ3v) is 2.83. The molecule has 0 spiro atoms. The van der Waals surface area contributed by atoms with Gasteiger partial charge in [0.25, 0.3) is 0 Å². The van der Waals surface area contributed by atoms with E-state index in [4.69, 9.17) is 15.2 Å². The zero-order chi connectivity index (χ0) is 17.4. The highest BCUT2D eigenvalue weighted by molar-refractivity contribution is 6.03. The summed E-state index contributed by atoms with van der Waals surface area (Å²) in [5.41, 5.74) is 5.38. The summed E-state index contributed by atoms with van der Waals surface area (Å²) in [5.74, 6) is -1.04. The van der Waals surface area contributed by atoms with Crippen molar-refractivity contribution >= 4 is 35.9 Å². The van der Waals surface area contributed by atoms with Crippen LogP contribution in [0, 0.1) is 0 Å². The molecule has 0 atom stereocenters. The highest BCUT2D eigenvalue weighted by atomic mass is 35.5. The molecule has 1 rings (SSSR count). The van der Waals surface area contributed by atoms with Gasteiger partial charge in [-0.15, -0.1) is 12.4 Å². The van der Waals surface area contributed by atoms with Gasteiger partial charge < -0.3 is 30.6 Å². The molecule has 10 heteroatoms. The fourth-order valence-electron chi connectivity index (χ4n) is 1.71. The van der Waals surface area contributed by atoms with Crippen molar-refractivity contribution in [1.82, 2.24) is 5.32 Å². The minimum Gasteiger partial charge on any atom is -0.493 e. The third-order valence-electron chi connectivity index (χ3n) is 2.83. The molecule has 1 aromatic carbocycles. The number of nitrogens with two attached hydrogens (primary N) is 1. The minimum atomic E-state index is -0.660. The number of hydrogen-bond acceptors (Lipinski definition) is 7. The normalized spacial score (nSPS) is 9.33. The Morgan fingerprint density at radius 2 is 1.62 bits per heavy atom. The first-order valence-electron chi connectivity index (χ1n) is 6.57. The smallest absolute Gasteiger partial charge is 0.340 e. The van der Waals surface area contributed by atoms with E-state index in [1.807, 2.05) is 0 Å². The summed E-state index contributed by atoms with van der Waals surface area (Å²) >= 11 is 0. The van der Waals surface area contributed by atoms with Crippen molar-refractivity contribution in [1.29, 1.82) is 0 Å². The number of hydrogen-bond donors (Lipinski definition) is 3. The zero-order valence-corrected chi connectivity index (χ0v) is 14.3. The molecule has 0 fully saturated rings. The molecule has 0 aromatic heterocycles. The lowest BCUT2D eigenvalue weighted by Crippen LogP contribution is -2.36. The van der Waals surface area contributed by atoms with Gasteiger partial charge in [-0.2, -0.15) is 0 Å². The van der Waals surface area contributed by atoms with Crippen molar-refractivity contribution in [2.24, 2.45) is 5.73 Å². The molecule has 0 aliphatic carbocycles. The maximum atomic E-state index is 11.9. The summed E-state index contributed by atoms with van der Waals surface area (Å²) < 4.78 is 14.9. The average Bonchev–Trinajstić information content (AvgIpc) is 2.58. The van der Waals surface area contributed by atoms with Crippen molar-refractivity contribution in [3.05, 3.63) is 17.7 Å². The van der Waals surface area contributed by atoms with Gasteiger partial charge in [-0.3, -0.25) is 9.59 Å². The highest BCUT2D eigenvalue weighted by Gasteiger charge is 2.19. The summed E-state index contributed by atoms with van der Waals surface area (Å²) in [6, 6.07) is 2.81. The van der Waals surface area contributed by atoms with Crippen LogP contribution in [0.1, 0.15) is 10.4 Å². The Hall–Kier alpha value is -2.52. The van der Waals surface area contributed by atoms with Gasteiger partial charge >= 0.3 is 5.97 Å². The number of anilines is 1. The van der Waals surface area contributed by atoms with E-state index in [0.717, 1.165) is 0 Å². The maximum absolute atomic E-state index is 11.9. The predicted molar refractivity (Wildman–Crippen MR) is 88.8 cm³/mol. The molecular formula is C14H20ClN3O6. The second-order valence-electron chi connectivity index (χ2n) is 4.27. The first-order chi connectivity index (χ1) is 11.0. The van der Waals surface area contributed by atoms with Crippen LogP contribution in [0.25, 0.3) is 0 Å². The summed E-state index contributed by atoms with van der Waals surface area (Å²) in [6.07, 6.45) is 0. The number of amides is 2. The molecule has 134 valence electrons. The molecule has 0 unspecified atom stereocenters. The number of benzene rings is 1. The van der Waals surface area contributed by atoms with Crippen molar-refractivity contribution in [3.8, 4) is 11.5 Å². The molecule has 0 saturated heterocycles. The Balaban J connectivity index is 0.00000529. The Kier molecular flexibility index (Phi) is 9.21. The van der Waals surface area contributed by atoms with E-state index in [-0.39, 0.29) is 36.7 Å². The van der Waals surface area contributed by atoms with Crippen LogP contribution in [0.3, 0.4) is 0 Å². The molecule has 0 radical (unpaired) electrons. The number of carbonyl (C=O) groups is 3. The molecule has 2 amide bonds. The Morgan fingerprint density at radius 1 is 1.04 bits per heavy atom. The molecule has 0 heterocycles. The van der Waals surface area contributed by atoms with E-state index < -0.39 is 17.8 Å². The van der Waals surface area contributed by atoms with Crippen molar-refractivity contribution in [3.63, 3.8) is 0 Å². The van der Waals surface area contributed by atoms with Crippen molar-refractivity contribution in [2.75, 3.05) is 39.7 Å². The monoisotopic (exact) mass is 361 g/mol. The first-order valence-corrected chi connectivity index (χ1v) is 6.57. The largest absolute Gasteiger partial charge is 0.493 e. The lowest BCUT2D eigenvalue weighted by atomic mass is 10.1. The number of halogens is 1. The molecule has 0 aliphatic rings. The van der Waals surface area contributed by atoms with Gasteiger partial charge in [0.15, 0.2) is 11.5 Å². The molecule has 0 saturated carbocycles. The molecule has 0 aliphatic heterocycles. The van der Waals surface area contributed by atoms with Crippen LogP contribution in [0.2, 0.25) is 0 Å². The van der Waals surface area contributed by atoms with Crippen molar-refractivity contribution in [2.45, 2.75) is 0 Å². The van der Waals surface area contributed by atoms with E-state index in [1.54, 1.807) is 0 Å². The van der Waals surface area contributed by atoms with Gasteiger partial charge in [0.05, 0.1) is 45.7 Å². The van der Waals surface area contributed by atoms with Crippen LogP contribution in [-0.2, 0) is 14.3 Å².